The molecule has 2 heterocycles. The van der Waals surface area contributed by atoms with E-state index in [2.05, 4.69) is 26.1 Å². The van der Waals surface area contributed by atoms with Crippen LogP contribution in [0, 0.1) is 11.3 Å². The lowest BCUT2D eigenvalue weighted by Gasteiger charge is -2.35. The average molecular weight is 153 g/mol. The fraction of sp³-hybridized carbons (Fsp3) is 1.00. The molecule has 0 radical (unpaired) electrons. The van der Waals surface area contributed by atoms with Crippen molar-refractivity contribution in [2.75, 3.05) is 0 Å². The van der Waals surface area contributed by atoms with E-state index in [4.69, 9.17) is 0 Å². The molecule has 0 amide bonds. The Labute approximate surface area is 69.6 Å². The third kappa shape index (κ3) is 1.01. The number of nitrogens with one attached hydrogen (secondary N) is 1. The number of fused-ring (bicyclic) bond motifs is 1. The van der Waals surface area contributed by atoms with Gasteiger partial charge in [-0.3, -0.25) is 0 Å². The quantitative estimate of drug-likeness (QED) is 0.641. The standard InChI is InChI=1S/C10H19N/c1-4-10(2,3)8-5-7-6-9(8)11-7/h7-9,11H,4-6H2,1-3H3. The summed E-state index contributed by atoms with van der Waals surface area (Å²) in [6, 6.07) is 1.76. The van der Waals surface area contributed by atoms with Gasteiger partial charge in [0, 0.05) is 12.1 Å². The molecule has 3 fully saturated rings. The highest BCUT2D eigenvalue weighted by molar-refractivity contribution is 5.06. The molecule has 3 rings (SSSR count). The zero-order valence-electron chi connectivity index (χ0n) is 7.85. The Morgan fingerprint density at radius 2 is 2.00 bits per heavy atom. The average Bonchev–Trinajstić information content (AvgIpc) is 2.41. The minimum atomic E-state index is 0.572. The monoisotopic (exact) mass is 153 g/mol. The molecule has 2 bridgehead atoms. The van der Waals surface area contributed by atoms with Crippen LogP contribution in [0.4, 0.5) is 0 Å². The van der Waals surface area contributed by atoms with Crippen molar-refractivity contribution in [3.8, 4) is 0 Å². The van der Waals surface area contributed by atoms with Crippen molar-refractivity contribution in [3.63, 3.8) is 0 Å². The maximum atomic E-state index is 3.61. The Morgan fingerprint density at radius 1 is 1.36 bits per heavy atom. The molecule has 1 aliphatic carbocycles. The summed E-state index contributed by atoms with van der Waals surface area (Å²) in [5, 5.41) is 3.61. The lowest BCUT2D eigenvalue weighted by molar-refractivity contribution is 0.185. The molecule has 0 aromatic rings. The minimum Gasteiger partial charge on any atom is -0.311 e. The van der Waals surface area contributed by atoms with E-state index < -0.39 is 0 Å². The molecule has 1 nitrogen and oxygen atoms in total. The molecule has 0 aromatic carbocycles. The van der Waals surface area contributed by atoms with Crippen molar-refractivity contribution in [1.29, 1.82) is 0 Å². The van der Waals surface area contributed by atoms with E-state index in [1.165, 1.54) is 19.3 Å². The highest BCUT2D eigenvalue weighted by atomic mass is 15.1. The lowest BCUT2D eigenvalue weighted by Crippen LogP contribution is -2.46. The van der Waals surface area contributed by atoms with Gasteiger partial charge < -0.3 is 5.32 Å². The van der Waals surface area contributed by atoms with Gasteiger partial charge >= 0.3 is 0 Å². The first kappa shape index (κ1) is 7.60. The topological polar surface area (TPSA) is 12.0 Å². The van der Waals surface area contributed by atoms with E-state index in [-0.39, 0.29) is 0 Å². The Hall–Kier alpha value is -0.0400. The van der Waals surface area contributed by atoms with Gasteiger partial charge in [-0.15, -0.1) is 0 Å². The molecule has 2 saturated heterocycles. The maximum Gasteiger partial charge on any atom is 0.0118 e. The highest BCUT2D eigenvalue weighted by Gasteiger charge is 2.49. The third-order valence-corrected chi connectivity index (χ3v) is 3.93. The van der Waals surface area contributed by atoms with Gasteiger partial charge in [-0.1, -0.05) is 27.2 Å². The second-order valence-electron chi connectivity index (χ2n) is 4.89. The predicted molar refractivity (Wildman–Crippen MR) is 47.5 cm³/mol. The Morgan fingerprint density at radius 3 is 2.36 bits per heavy atom. The number of hydrogen-bond donors (Lipinski definition) is 1. The third-order valence-electron chi connectivity index (χ3n) is 3.93. The van der Waals surface area contributed by atoms with E-state index in [1.54, 1.807) is 0 Å². The van der Waals surface area contributed by atoms with Crippen LogP contribution in [-0.2, 0) is 0 Å². The largest absolute Gasteiger partial charge is 0.311 e. The first-order valence-corrected chi connectivity index (χ1v) is 4.89. The van der Waals surface area contributed by atoms with Crippen molar-refractivity contribution in [2.45, 2.75) is 52.1 Å². The fourth-order valence-corrected chi connectivity index (χ4v) is 2.63. The second-order valence-corrected chi connectivity index (χ2v) is 4.89. The lowest BCUT2D eigenvalue weighted by atomic mass is 9.75. The van der Waals surface area contributed by atoms with E-state index in [9.17, 15) is 0 Å². The molecular weight excluding hydrogens is 134 g/mol. The summed E-state index contributed by atoms with van der Waals surface area (Å²) in [6.07, 6.45) is 4.21. The molecule has 1 saturated carbocycles. The van der Waals surface area contributed by atoms with Gasteiger partial charge in [0.05, 0.1) is 0 Å². The van der Waals surface area contributed by atoms with E-state index in [1.807, 2.05) is 0 Å². The van der Waals surface area contributed by atoms with Crippen LogP contribution in [0.15, 0.2) is 0 Å². The maximum absolute atomic E-state index is 3.61. The molecule has 3 aliphatic rings. The molecule has 11 heavy (non-hydrogen) atoms. The molecule has 1 N–H and O–H groups in total. The van der Waals surface area contributed by atoms with Gasteiger partial charge in [0.25, 0.3) is 0 Å². The summed E-state index contributed by atoms with van der Waals surface area (Å²) in [6.45, 7) is 7.15. The van der Waals surface area contributed by atoms with Crippen molar-refractivity contribution in [2.24, 2.45) is 11.3 Å². The van der Waals surface area contributed by atoms with Crippen LogP contribution >= 0.6 is 0 Å². The predicted octanol–water partition coefficient (Wildman–Crippen LogP) is 2.17. The Balaban J connectivity index is 2.05. The van der Waals surface area contributed by atoms with Crippen LogP contribution in [0.25, 0.3) is 0 Å². The van der Waals surface area contributed by atoms with Gasteiger partial charge in [-0.2, -0.15) is 0 Å². The zero-order chi connectivity index (χ0) is 8.06. The molecule has 3 unspecified atom stereocenters. The van der Waals surface area contributed by atoms with E-state index in [0.29, 0.717) is 5.41 Å². The van der Waals surface area contributed by atoms with Gasteiger partial charge in [-0.05, 0) is 24.2 Å². The second kappa shape index (κ2) is 2.22. The SMILES string of the molecule is CCC(C)(C)C1CC2CC1N2. The van der Waals surface area contributed by atoms with Crippen molar-refractivity contribution >= 4 is 0 Å². The Bertz CT molecular complexity index is 156. The van der Waals surface area contributed by atoms with Crippen molar-refractivity contribution < 1.29 is 0 Å². The summed E-state index contributed by atoms with van der Waals surface area (Å²) >= 11 is 0. The Kier molecular flexibility index (Phi) is 1.54. The molecule has 3 atom stereocenters. The summed E-state index contributed by atoms with van der Waals surface area (Å²) < 4.78 is 0. The summed E-state index contributed by atoms with van der Waals surface area (Å²) in [4.78, 5) is 0. The summed E-state index contributed by atoms with van der Waals surface area (Å²) in [5.74, 6) is 0.956. The first-order chi connectivity index (χ1) is 5.13. The fourth-order valence-electron chi connectivity index (χ4n) is 2.63. The number of rotatable bonds is 2. The molecule has 0 aromatic heterocycles. The van der Waals surface area contributed by atoms with Gasteiger partial charge in [0.15, 0.2) is 0 Å². The van der Waals surface area contributed by atoms with E-state index in [0.717, 1.165) is 18.0 Å². The smallest absolute Gasteiger partial charge is 0.0118 e. The van der Waals surface area contributed by atoms with Gasteiger partial charge in [0.1, 0.15) is 0 Å². The van der Waals surface area contributed by atoms with Crippen LogP contribution in [0.5, 0.6) is 0 Å². The molecular formula is C10H19N. The van der Waals surface area contributed by atoms with Crippen LogP contribution in [0.1, 0.15) is 40.0 Å². The van der Waals surface area contributed by atoms with E-state index >= 15 is 0 Å². The highest BCUT2D eigenvalue weighted by Crippen LogP contribution is 2.47. The van der Waals surface area contributed by atoms with Crippen LogP contribution in [0.3, 0.4) is 0 Å². The molecule has 64 valence electrons. The zero-order valence-corrected chi connectivity index (χ0v) is 7.85. The van der Waals surface area contributed by atoms with Gasteiger partial charge in [0.2, 0.25) is 0 Å². The minimum absolute atomic E-state index is 0.572. The number of hydrogen-bond acceptors (Lipinski definition) is 1. The molecule has 0 spiro atoms. The molecule has 1 heteroatoms. The van der Waals surface area contributed by atoms with Crippen LogP contribution in [-0.4, -0.2) is 12.1 Å². The van der Waals surface area contributed by atoms with Crippen molar-refractivity contribution in [3.05, 3.63) is 0 Å². The van der Waals surface area contributed by atoms with Gasteiger partial charge in [-0.25, -0.2) is 0 Å². The summed E-state index contributed by atoms with van der Waals surface area (Å²) in [7, 11) is 0. The van der Waals surface area contributed by atoms with Crippen LogP contribution in [0.2, 0.25) is 0 Å². The van der Waals surface area contributed by atoms with Crippen molar-refractivity contribution in [1.82, 2.24) is 5.32 Å². The van der Waals surface area contributed by atoms with Crippen LogP contribution < -0.4 is 5.32 Å². The summed E-state index contributed by atoms with van der Waals surface area (Å²) in [5.41, 5.74) is 0.572. The normalized spacial score (nSPS) is 42.3. The molecule has 2 aliphatic heterocycles. The first-order valence-electron chi connectivity index (χ1n) is 4.89.